The molecule has 0 aliphatic carbocycles. The Balaban J connectivity index is 0.00000361. The Morgan fingerprint density at radius 1 is 1.14 bits per heavy atom. The van der Waals surface area contributed by atoms with E-state index in [-0.39, 0.29) is 24.4 Å². The molecule has 0 saturated carbocycles. The first kappa shape index (κ1) is 24.5. The molecule has 0 atom stereocenters. The van der Waals surface area contributed by atoms with E-state index in [1.165, 1.54) is 0 Å². The van der Waals surface area contributed by atoms with Crippen molar-refractivity contribution in [1.82, 2.24) is 19.8 Å². The molecular weight excluding hydrogens is 442 g/mol. The number of aromatic nitrogens is 2. The predicted molar refractivity (Wildman–Crippen MR) is 137 cm³/mol. The lowest BCUT2D eigenvalue weighted by Gasteiger charge is -2.33. The van der Waals surface area contributed by atoms with Crippen LogP contribution in [0.5, 0.6) is 0 Å². The van der Waals surface area contributed by atoms with Crippen molar-refractivity contribution in [2.75, 3.05) is 11.9 Å². The summed E-state index contributed by atoms with van der Waals surface area (Å²) in [5, 5.41) is 19.6. The van der Waals surface area contributed by atoms with E-state index in [4.69, 9.17) is 10.8 Å². The van der Waals surface area contributed by atoms with E-state index >= 15 is 0 Å². The summed E-state index contributed by atoms with van der Waals surface area (Å²) < 4.78 is 0. The highest BCUT2D eigenvalue weighted by Gasteiger charge is 2.38. The molecule has 3 N–H and O–H groups in total. The topological polar surface area (TPSA) is 126 Å². The van der Waals surface area contributed by atoms with Crippen LogP contribution in [0.15, 0.2) is 30.5 Å². The number of nitrogens with one attached hydrogen (secondary N) is 3. The number of hydrogen-bond donors (Lipinski definition) is 3. The van der Waals surface area contributed by atoms with Gasteiger partial charge in [-0.2, -0.15) is 0 Å². The van der Waals surface area contributed by atoms with Crippen LogP contribution in [0.1, 0.15) is 76.2 Å². The lowest BCUT2D eigenvalue weighted by molar-refractivity contribution is -0.140. The fourth-order valence-corrected chi connectivity index (χ4v) is 4.59. The van der Waals surface area contributed by atoms with Crippen LogP contribution in [0, 0.1) is 16.2 Å². The van der Waals surface area contributed by atoms with Gasteiger partial charge in [0.15, 0.2) is 5.84 Å². The van der Waals surface area contributed by atoms with Crippen molar-refractivity contribution in [3.63, 3.8) is 0 Å². The molecule has 2 aromatic rings. The number of amidine groups is 2. The van der Waals surface area contributed by atoms with Crippen molar-refractivity contribution in [3.8, 4) is 0 Å². The minimum absolute atomic E-state index is 0. The molecule has 0 aromatic carbocycles. The molecule has 1 fully saturated rings. The first-order valence-electron chi connectivity index (χ1n) is 11.9. The molecule has 2 amide bonds. The minimum Gasteiger partial charge on any atom is -0.338 e. The second-order valence-electron chi connectivity index (χ2n) is 10.9. The molecule has 2 aliphatic heterocycles. The van der Waals surface area contributed by atoms with Crippen molar-refractivity contribution in [3.05, 3.63) is 53.0 Å². The molecule has 2 aromatic heterocycles. The lowest BCUT2D eigenvalue weighted by Crippen LogP contribution is -2.45. The molecule has 0 radical (unpaired) electrons. The number of carbonyl (C=O) groups excluding carboxylic acids is 2. The number of likely N-dealkylation sites (tertiary alicyclic amines) is 1. The van der Waals surface area contributed by atoms with Crippen LogP contribution in [0.3, 0.4) is 0 Å². The molecule has 2 aliphatic rings. The lowest BCUT2D eigenvalue weighted by atomic mass is 9.92. The summed E-state index contributed by atoms with van der Waals surface area (Å²) in [6, 6.07) is 6.84. The summed E-state index contributed by atoms with van der Waals surface area (Å²) in [7, 11) is 0. The van der Waals surface area contributed by atoms with E-state index in [1.807, 2.05) is 39.5 Å². The fraction of sp³-hybridized carbons (Fsp3) is 0.462. The Kier molecular flexibility index (Phi) is 6.21. The monoisotopic (exact) mass is 477 g/mol. The molecule has 0 spiro atoms. The highest BCUT2D eigenvalue weighted by Crippen LogP contribution is 2.31. The summed E-state index contributed by atoms with van der Waals surface area (Å²) in [5.74, 6) is 0.531. The van der Waals surface area contributed by atoms with E-state index in [9.17, 15) is 9.59 Å². The van der Waals surface area contributed by atoms with Crippen molar-refractivity contribution in [1.29, 1.82) is 10.8 Å². The SMILES string of the molecule is CC(C)(C)C(=O)N1CCc2cnc(C(=O)Nc3cccc(C(=N)N4C(=N)CCC4(C)C)n3)cc2C1.[HH]. The molecular formula is C26H35N7O2. The first-order valence-corrected chi connectivity index (χ1v) is 11.9. The first-order chi connectivity index (χ1) is 16.4. The Hall–Kier alpha value is -3.62. The zero-order valence-corrected chi connectivity index (χ0v) is 21.0. The van der Waals surface area contributed by atoms with Crippen LogP contribution >= 0.6 is 0 Å². The van der Waals surface area contributed by atoms with E-state index in [0.29, 0.717) is 43.3 Å². The van der Waals surface area contributed by atoms with Gasteiger partial charge in [0, 0.05) is 38.1 Å². The number of nitrogens with zero attached hydrogens (tertiary/aromatic N) is 4. The van der Waals surface area contributed by atoms with Gasteiger partial charge in [0.2, 0.25) is 5.91 Å². The average molecular weight is 478 g/mol. The standard InChI is InChI=1S/C26H33N7O2.H2/c1-25(2,3)24(35)32-12-10-16-14-29-19(13-17(16)15-32)23(34)31-21-8-6-7-18(30-21)22(28)33-20(27)9-11-26(33,4)5;/h6-8,13-14,27-28H,9-12,15H2,1-5H3,(H,30,31,34);1H. The van der Waals surface area contributed by atoms with Gasteiger partial charge >= 0.3 is 0 Å². The summed E-state index contributed by atoms with van der Waals surface area (Å²) in [5.41, 5.74) is 1.81. The number of hydrogen-bond acceptors (Lipinski definition) is 6. The van der Waals surface area contributed by atoms with Crippen LogP contribution < -0.4 is 5.32 Å². The highest BCUT2D eigenvalue weighted by molar-refractivity contribution is 6.08. The molecule has 35 heavy (non-hydrogen) atoms. The van der Waals surface area contributed by atoms with Crippen molar-refractivity contribution in [2.45, 2.75) is 66.0 Å². The van der Waals surface area contributed by atoms with Gasteiger partial charge in [0.05, 0.1) is 0 Å². The smallest absolute Gasteiger partial charge is 0.275 e. The van der Waals surface area contributed by atoms with Gasteiger partial charge in [0.1, 0.15) is 23.0 Å². The summed E-state index contributed by atoms with van der Waals surface area (Å²) in [6.07, 6.45) is 3.84. The van der Waals surface area contributed by atoms with E-state index < -0.39 is 11.3 Å². The van der Waals surface area contributed by atoms with Crippen molar-refractivity contribution in [2.24, 2.45) is 5.41 Å². The molecule has 1 saturated heterocycles. The van der Waals surface area contributed by atoms with E-state index in [2.05, 4.69) is 15.3 Å². The van der Waals surface area contributed by atoms with Crippen LogP contribution in [-0.4, -0.2) is 55.3 Å². The van der Waals surface area contributed by atoms with Gasteiger partial charge in [-0.15, -0.1) is 0 Å². The van der Waals surface area contributed by atoms with Gasteiger partial charge in [-0.3, -0.25) is 25.4 Å². The summed E-state index contributed by atoms with van der Waals surface area (Å²) in [6.45, 7) is 10.8. The van der Waals surface area contributed by atoms with E-state index in [0.717, 1.165) is 17.5 Å². The number of carbonyl (C=O) groups is 2. The molecule has 9 nitrogen and oxygen atoms in total. The van der Waals surface area contributed by atoms with Gasteiger partial charge < -0.3 is 15.1 Å². The fourth-order valence-electron chi connectivity index (χ4n) is 4.59. The molecule has 0 bridgehead atoms. The van der Waals surface area contributed by atoms with Crippen molar-refractivity contribution >= 4 is 29.3 Å². The average Bonchev–Trinajstić information content (AvgIpc) is 3.08. The second kappa shape index (κ2) is 8.87. The summed E-state index contributed by atoms with van der Waals surface area (Å²) >= 11 is 0. The maximum atomic E-state index is 13.0. The van der Waals surface area contributed by atoms with Crippen LogP contribution in [0.25, 0.3) is 0 Å². The minimum atomic E-state index is -0.460. The van der Waals surface area contributed by atoms with Gasteiger partial charge in [-0.05, 0) is 56.0 Å². The number of pyridine rings is 2. The van der Waals surface area contributed by atoms with Gasteiger partial charge in [-0.25, -0.2) is 4.98 Å². The van der Waals surface area contributed by atoms with Crippen LogP contribution in [0.2, 0.25) is 0 Å². The quantitative estimate of drug-likeness (QED) is 0.453. The molecule has 186 valence electrons. The molecule has 4 rings (SSSR count). The third kappa shape index (κ3) is 4.94. The highest BCUT2D eigenvalue weighted by atomic mass is 16.2. The van der Waals surface area contributed by atoms with Gasteiger partial charge in [-0.1, -0.05) is 26.8 Å². The van der Waals surface area contributed by atoms with Crippen LogP contribution in [0.4, 0.5) is 5.82 Å². The number of rotatable bonds is 3. The normalized spacial score (nSPS) is 17.2. The molecule has 0 unspecified atom stereocenters. The third-order valence-electron chi connectivity index (χ3n) is 6.56. The maximum absolute atomic E-state index is 13.0. The Morgan fingerprint density at radius 2 is 1.89 bits per heavy atom. The summed E-state index contributed by atoms with van der Waals surface area (Å²) in [4.78, 5) is 38.0. The maximum Gasteiger partial charge on any atom is 0.275 e. The van der Waals surface area contributed by atoms with E-state index in [1.54, 1.807) is 35.4 Å². The second-order valence-corrected chi connectivity index (χ2v) is 10.9. The molecule has 4 heterocycles. The molecule has 9 heteroatoms. The number of anilines is 1. The van der Waals surface area contributed by atoms with Crippen molar-refractivity contribution < 1.29 is 11.0 Å². The Morgan fingerprint density at radius 3 is 2.54 bits per heavy atom. The Bertz CT molecular complexity index is 1220. The third-order valence-corrected chi connectivity index (χ3v) is 6.56. The predicted octanol–water partition coefficient (Wildman–Crippen LogP) is 4.08. The zero-order chi connectivity index (χ0) is 25.5. The largest absolute Gasteiger partial charge is 0.338 e. The zero-order valence-electron chi connectivity index (χ0n) is 21.0. The number of amides is 2. The van der Waals surface area contributed by atoms with Crippen LogP contribution in [-0.2, 0) is 17.8 Å². The number of fused-ring (bicyclic) bond motifs is 1. The van der Waals surface area contributed by atoms with Gasteiger partial charge in [0.25, 0.3) is 5.91 Å². The Labute approximate surface area is 207 Å².